The van der Waals surface area contributed by atoms with E-state index in [0.717, 1.165) is 5.56 Å². The van der Waals surface area contributed by atoms with E-state index in [1.165, 1.54) is 22.8 Å². The molecule has 1 saturated heterocycles. The van der Waals surface area contributed by atoms with Gasteiger partial charge >= 0.3 is 5.97 Å². The maximum Gasteiger partial charge on any atom is 0.335 e. The Labute approximate surface area is 127 Å². The van der Waals surface area contributed by atoms with Crippen LogP contribution in [0.3, 0.4) is 0 Å². The van der Waals surface area contributed by atoms with Crippen LogP contribution in [0.2, 0.25) is 0 Å². The Bertz CT molecular complexity index is 786. The number of benzene rings is 1. The van der Waals surface area contributed by atoms with Gasteiger partial charge in [0.05, 0.1) is 5.56 Å². The highest BCUT2D eigenvalue weighted by atomic mass is 32.2. The van der Waals surface area contributed by atoms with E-state index in [4.69, 9.17) is 5.11 Å². The van der Waals surface area contributed by atoms with Crippen molar-refractivity contribution >= 4 is 16.0 Å². The predicted molar refractivity (Wildman–Crippen MR) is 78.1 cm³/mol. The van der Waals surface area contributed by atoms with Gasteiger partial charge in [-0.25, -0.2) is 18.2 Å². The first-order valence-electron chi connectivity index (χ1n) is 6.81. The lowest BCUT2D eigenvalue weighted by atomic mass is 9.97. The molecule has 116 valence electrons. The molecule has 3 rings (SSSR count). The first kappa shape index (κ1) is 14.7. The zero-order valence-corrected chi connectivity index (χ0v) is 12.5. The molecule has 1 aromatic heterocycles. The van der Waals surface area contributed by atoms with Gasteiger partial charge in [0.25, 0.3) is 10.0 Å². The van der Waals surface area contributed by atoms with Crippen molar-refractivity contribution in [1.82, 2.24) is 14.3 Å². The highest BCUT2D eigenvalue weighted by Crippen LogP contribution is 2.30. The van der Waals surface area contributed by atoms with Crippen LogP contribution in [0.25, 0.3) is 0 Å². The first-order chi connectivity index (χ1) is 10.5. The summed E-state index contributed by atoms with van der Waals surface area (Å²) in [6.07, 6.45) is 3.52. The molecule has 0 radical (unpaired) electrons. The summed E-state index contributed by atoms with van der Waals surface area (Å²) < 4.78 is 26.2. The average Bonchev–Trinajstić information content (AvgIpc) is 3.19. The SMILES string of the molecule is O=C(O)c1cccc(C2CCN(S(=O)(=O)c3ncc[nH]3)C2)c1. The Hall–Kier alpha value is -2.19. The van der Waals surface area contributed by atoms with Crippen molar-refractivity contribution < 1.29 is 18.3 Å². The summed E-state index contributed by atoms with van der Waals surface area (Å²) >= 11 is 0. The monoisotopic (exact) mass is 321 g/mol. The minimum atomic E-state index is -3.61. The number of aromatic amines is 1. The Morgan fingerprint density at radius 3 is 2.91 bits per heavy atom. The average molecular weight is 321 g/mol. The van der Waals surface area contributed by atoms with Crippen molar-refractivity contribution in [3.8, 4) is 0 Å². The highest BCUT2D eigenvalue weighted by molar-refractivity contribution is 7.89. The Balaban J connectivity index is 1.81. The van der Waals surface area contributed by atoms with Crippen LogP contribution in [0.4, 0.5) is 0 Å². The number of nitrogens with zero attached hydrogens (tertiary/aromatic N) is 2. The summed E-state index contributed by atoms with van der Waals surface area (Å²) in [5, 5.41) is 8.98. The van der Waals surface area contributed by atoms with Crippen LogP contribution >= 0.6 is 0 Å². The van der Waals surface area contributed by atoms with E-state index in [-0.39, 0.29) is 16.6 Å². The molecule has 1 aliphatic heterocycles. The van der Waals surface area contributed by atoms with Crippen molar-refractivity contribution in [2.45, 2.75) is 17.5 Å². The van der Waals surface area contributed by atoms with Crippen molar-refractivity contribution in [3.63, 3.8) is 0 Å². The van der Waals surface area contributed by atoms with Gasteiger partial charge < -0.3 is 10.1 Å². The molecule has 8 heteroatoms. The third-order valence-corrected chi connectivity index (χ3v) is 5.54. The van der Waals surface area contributed by atoms with Crippen LogP contribution in [-0.4, -0.2) is 46.9 Å². The van der Waals surface area contributed by atoms with Gasteiger partial charge in [-0.1, -0.05) is 12.1 Å². The quantitative estimate of drug-likeness (QED) is 0.883. The molecule has 2 N–H and O–H groups in total. The van der Waals surface area contributed by atoms with E-state index in [1.807, 2.05) is 6.07 Å². The molecule has 1 unspecified atom stereocenters. The molecule has 1 fully saturated rings. The van der Waals surface area contributed by atoms with Gasteiger partial charge in [-0.15, -0.1) is 0 Å². The molecule has 0 saturated carbocycles. The zero-order valence-electron chi connectivity index (χ0n) is 11.6. The number of carboxylic acid groups (broad SMARTS) is 1. The predicted octanol–water partition coefficient (Wildman–Crippen LogP) is 1.29. The molecule has 0 aliphatic carbocycles. The third-order valence-electron chi connectivity index (χ3n) is 3.81. The number of hydrogen-bond acceptors (Lipinski definition) is 4. The van der Waals surface area contributed by atoms with Crippen molar-refractivity contribution in [2.75, 3.05) is 13.1 Å². The highest BCUT2D eigenvalue weighted by Gasteiger charge is 2.34. The van der Waals surface area contributed by atoms with Gasteiger partial charge in [0.1, 0.15) is 0 Å². The number of hydrogen-bond donors (Lipinski definition) is 2. The van der Waals surface area contributed by atoms with Gasteiger partial charge in [0.2, 0.25) is 5.16 Å². The first-order valence-corrected chi connectivity index (χ1v) is 8.25. The van der Waals surface area contributed by atoms with E-state index in [0.29, 0.717) is 19.5 Å². The minimum absolute atomic E-state index is 0.0102. The second-order valence-corrected chi connectivity index (χ2v) is 7.03. The number of sulfonamides is 1. The van der Waals surface area contributed by atoms with Crippen molar-refractivity contribution in [3.05, 3.63) is 47.8 Å². The van der Waals surface area contributed by atoms with Gasteiger partial charge in [0, 0.05) is 25.5 Å². The van der Waals surface area contributed by atoms with Crippen LogP contribution in [0, 0.1) is 0 Å². The lowest BCUT2D eigenvalue weighted by molar-refractivity contribution is 0.0696. The summed E-state index contributed by atoms with van der Waals surface area (Å²) in [4.78, 5) is 17.4. The maximum atomic E-state index is 12.4. The Kier molecular flexibility index (Phi) is 3.71. The lowest BCUT2D eigenvalue weighted by Gasteiger charge is -2.15. The summed E-state index contributed by atoms with van der Waals surface area (Å²) in [6, 6.07) is 6.65. The molecule has 1 aromatic carbocycles. The molecule has 1 aliphatic rings. The van der Waals surface area contributed by atoms with E-state index >= 15 is 0 Å². The topological polar surface area (TPSA) is 103 Å². The second-order valence-electron chi connectivity index (χ2n) is 5.17. The van der Waals surface area contributed by atoms with E-state index in [9.17, 15) is 13.2 Å². The molecule has 0 spiro atoms. The number of carboxylic acids is 1. The fraction of sp³-hybridized carbons (Fsp3) is 0.286. The van der Waals surface area contributed by atoms with Gasteiger partial charge in [0.15, 0.2) is 0 Å². The molecule has 22 heavy (non-hydrogen) atoms. The molecular weight excluding hydrogens is 306 g/mol. The molecule has 0 bridgehead atoms. The number of nitrogens with one attached hydrogen (secondary N) is 1. The number of carbonyl (C=O) groups is 1. The molecule has 7 nitrogen and oxygen atoms in total. The van der Waals surface area contributed by atoms with Crippen LogP contribution in [0.15, 0.2) is 41.8 Å². The number of aromatic nitrogens is 2. The van der Waals surface area contributed by atoms with E-state index in [1.54, 1.807) is 12.1 Å². The molecule has 1 atom stereocenters. The Morgan fingerprint density at radius 2 is 2.23 bits per heavy atom. The second kappa shape index (κ2) is 5.54. The fourth-order valence-electron chi connectivity index (χ4n) is 2.66. The summed E-state index contributed by atoms with van der Waals surface area (Å²) in [7, 11) is -3.61. The summed E-state index contributed by atoms with van der Waals surface area (Å²) in [5.74, 6) is -0.996. The molecule has 2 aromatic rings. The normalized spacial score (nSPS) is 19.4. The maximum absolute atomic E-state index is 12.4. The van der Waals surface area contributed by atoms with Crippen molar-refractivity contribution in [2.24, 2.45) is 0 Å². The summed E-state index contributed by atoms with van der Waals surface area (Å²) in [6.45, 7) is 0.719. The van der Waals surface area contributed by atoms with Gasteiger partial charge in [-0.3, -0.25) is 0 Å². The number of H-pyrrole nitrogens is 1. The molecule has 0 amide bonds. The summed E-state index contributed by atoms with van der Waals surface area (Å²) in [5.41, 5.74) is 1.06. The van der Waals surface area contributed by atoms with E-state index < -0.39 is 16.0 Å². The van der Waals surface area contributed by atoms with Crippen LogP contribution in [-0.2, 0) is 10.0 Å². The zero-order chi connectivity index (χ0) is 15.7. The van der Waals surface area contributed by atoms with Crippen LogP contribution < -0.4 is 0 Å². The van der Waals surface area contributed by atoms with E-state index in [2.05, 4.69) is 9.97 Å². The smallest absolute Gasteiger partial charge is 0.335 e. The lowest BCUT2D eigenvalue weighted by Crippen LogP contribution is -2.29. The van der Waals surface area contributed by atoms with Crippen LogP contribution in [0.1, 0.15) is 28.3 Å². The third kappa shape index (κ3) is 2.62. The number of rotatable bonds is 4. The minimum Gasteiger partial charge on any atom is -0.478 e. The Morgan fingerprint density at radius 1 is 1.41 bits per heavy atom. The number of imidazole rings is 1. The number of aromatic carboxylic acids is 1. The van der Waals surface area contributed by atoms with Crippen molar-refractivity contribution in [1.29, 1.82) is 0 Å². The standard InChI is InChI=1S/C14H15N3O4S/c18-13(19)11-3-1-2-10(8-11)12-4-7-17(9-12)22(20,21)14-15-5-6-16-14/h1-3,5-6,8,12H,4,7,9H2,(H,15,16)(H,18,19). The largest absolute Gasteiger partial charge is 0.478 e. The van der Waals surface area contributed by atoms with Gasteiger partial charge in [-0.2, -0.15) is 4.31 Å². The molecular formula is C14H15N3O4S. The molecule has 2 heterocycles. The van der Waals surface area contributed by atoms with Crippen LogP contribution in [0.5, 0.6) is 0 Å². The van der Waals surface area contributed by atoms with Gasteiger partial charge in [-0.05, 0) is 30.0 Å². The fourth-order valence-corrected chi connectivity index (χ4v) is 4.04.